The second-order valence-corrected chi connectivity index (χ2v) is 10.7. The molecule has 202 valence electrons. The zero-order chi connectivity index (χ0) is 27.0. The number of aliphatic hydroxyl groups excluding tert-OH is 1. The first kappa shape index (κ1) is 26.5. The maximum absolute atomic E-state index is 13.4. The topological polar surface area (TPSA) is 109 Å². The standard InChI is InChI=1S/C28H31BrN2O7/c1-16-12-18-13-17(4-5-21(18)38-16)25(32)23-24(19-14-20(29)26(33)22(15-19)36-2)31(28(35)27(23)34)7-3-6-30-8-10-37-11-9-30/h4-5,13-16,24,32-33H,3,6-12H2,1-2H3/b25-23+/t16-,24+/m0/s1. The third-order valence-corrected chi connectivity index (χ3v) is 7.88. The summed E-state index contributed by atoms with van der Waals surface area (Å²) >= 11 is 3.35. The van der Waals surface area contributed by atoms with Crippen LogP contribution in [0, 0.1) is 0 Å². The minimum atomic E-state index is -0.853. The predicted molar refractivity (Wildman–Crippen MR) is 143 cm³/mol. The van der Waals surface area contributed by atoms with E-state index in [1.165, 1.54) is 12.0 Å². The van der Waals surface area contributed by atoms with Gasteiger partial charge in [-0.2, -0.15) is 0 Å². The number of fused-ring (bicyclic) bond motifs is 1. The molecule has 0 unspecified atom stereocenters. The summed E-state index contributed by atoms with van der Waals surface area (Å²) < 4.78 is 16.9. The van der Waals surface area contributed by atoms with Crippen molar-refractivity contribution in [2.24, 2.45) is 0 Å². The lowest BCUT2D eigenvalue weighted by molar-refractivity contribution is -0.140. The van der Waals surface area contributed by atoms with Crippen LogP contribution in [0.3, 0.4) is 0 Å². The van der Waals surface area contributed by atoms with Crippen LogP contribution in [-0.2, 0) is 20.7 Å². The lowest BCUT2D eigenvalue weighted by Crippen LogP contribution is -2.39. The van der Waals surface area contributed by atoms with Crippen LogP contribution in [0.1, 0.15) is 36.1 Å². The molecule has 38 heavy (non-hydrogen) atoms. The summed E-state index contributed by atoms with van der Waals surface area (Å²) in [5.74, 6) is -0.798. The first-order chi connectivity index (χ1) is 18.3. The van der Waals surface area contributed by atoms with Crippen LogP contribution in [0.4, 0.5) is 0 Å². The van der Waals surface area contributed by atoms with Crippen molar-refractivity contribution in [2.75, 3.05) is 46.5 Å². The van der Waals surface area contributed by atoms with E-state index < -0.39 is 17.7 Å². The number of ketones is 1. The van der Waals surface area contributed by atoms with Crippen LogP contribution in [0.5, 0.6) is 17.2 Å². The number of methoxy groups -OCH3 is 1. The molecular formula is C28H31BrN2O7. The number of benzene rings is 2. The zero-order valence-electron chi connectivity index (χ0n) is 21.4. The highest BCUT2D eigenvalue weighted by molar-refractivity contribution is 9.10. The molecule has 2 saturated heterocycles. The molecular weight excluding hydrogens is 556 g/mol. The van der Waals surface area contributed by atoms with Crippen LogP contribution in [0.2, 0.25) is 0 Å². The van der Waals surface area contributed by atoms with Crippen molar-refractivity contribution in [1.29, 1.82) is 0 Å². The number of rotatable bonds is 7. The van der Waals surface area contributed by atoms with E-state index in [1.807, 2.05) is 13.0 Å². The monoisotopic (exact) mass is 586 g/mol. The number of hydrogen-bond donors (Lipinski definition) is 2. The normalized spacial score (nSPS) is 23.0. The maximum atomic E-state index is 13.4. The van der Waals surface area contributed by atoms with Gasteiger partial charge >= 0.3 is 0 Å². The van der Waals surface area contributed by atoms with Crippen LogP contribution < -0.4 is 9.47 Å². The Kier molecular flexibility index (Phi) is 7.65. The molecule has 3 aliphatic heterocycles. The summed E-state index contributed by atoms with van der Waals surface area (Å²) in [5.41, 5.74) is 1.93. The minimum Gasteiger partial charge on any atom is -0.507 e. The molecule has 3 aliphatic rings. The van der Waals surface area contributed by atoms with Gasteiger partial charge in [0.25, 0.3) is 11.7 Å². The van der Waals surface area contributed by atoms with Crippen LogP contribution in [0.25, 0.3) is 5.76 Å². The second kappa shape index (κ2) is 11.0. The highest BCUT2D eigenvalue weighted by Crippen LogP contribution is 2.45. The van der Waals surface area contributed by atoms with E-state index in [1.54, 1.807) is 24.3 Å². The summed E-state index contributed by atoms with van der Waals surface area (Å²) in [4.78, 5) is 30.5. The second-order valence-electron chi connectivity index (χ2n) is 9.81. The Morgan fingerprint density at radius 1 is 1.16 bits per heavy atom. The van der Waals surface area contributed by atoms with Gasteiger partial charge in [-0.15, -0.1) is 0 Å². The molecule has 0 radical (unpaired) electrons. The van der Waals surface area contributed by atoms with Gasteiger partial charge in [0.2, 0.25) is 0 Å². The summed E-state index contributed by atoms with van der Waals surface area (Å²) in [6.07, 6.45) is 1.37. The molecule has 1 amide bonds. The van der Waals surface area contributed by atoms with Crippen molar-refractivity contribution >= 4 is 33.4 Å². The number of halogens is 1. The molecule has 0 spiro atoms. The fourth-order valence-electron chi connectivity index (χ4n) is 5.38. The average Bonchev–Trinajstić information content (AvgIpc) is 3.41. The lowest BCUT2D eigenvalue weighted by Gasteiger charge is -2.29. The van der Waals surface area contributed by atoms with Crippen molar-refractivity contribution in [1.82, 2.24) is 9.80 Å². The number of carbonyl (C=O) groups is 2. The predicted octanol–water partition coefficient (Wildman–Crippen LogP) is 3.63. The Labute approximate surface area is 229 Å². The summed E-state index contributed by atoms with van der Waals surface area (Å²) in [7, 11) is 1.43. The molecule has 3 heterocycles. The Bertz CT molecular complexity index is 1290. The van der Waals surface area contributed by atoms with Crippen LogP contribution >= 0.6 is 15.9 Å². The first-order valence-corrected chi connectivity index (χ1v) is 13.5. The third kappa shape index (κ3) is 5.00. The highest BCUT2D eigenvalue weighted by atomic mass is 79.9. The fourth-order valence-corrected chi connectivity index (χ4v) is 5.84. The number of ether oxygens (including phenoxy) is 3. The average molecular weight is 587 g/mol. The Morgan fingerprint density at radius 3 is 2.66 bits per heavy atom. The maximum Gasteiger partial charge on any atom is 0.295 e. The van der Waals surface area contributed by atoms with Gasteiger partial charge in [-0.25, -0.2) is 0 Å². The van der Waals surface area contributed by atoms with Gasteiger partial charge < -0.3 is 29.3 Å². The Morgan fingerprint density at radius 2 is 1.92 bits per heavy atom. The molecule has 2 fully saturated rings. The van der Waals surface area contributed by atoms with Gasteiger partial charge in [0, 0.05) is 38.2 Å². The number of Topliss-reactive ketones (excluding diaryl/α,β-unsaturated/α-hetero) is 1. The molecule has 0 aliphatic carbocycles. The van der Waals surface area contributed by atoms with E-state index in [2.05, 4.69) is 20.8 Å². The lowest BCUT2D eigenvalue weighted by atomic mass is 9.94. The van der Waals surface area contributed by atoms with Crippen molar-refractivity contribution in [3.05, 3.63) is 57.1 Å². The quantitative estimate of drug-likeness (QED) is 0.287. The van der Waals surface area contributed by atoms with Gasteiger partial charge in [-0.3, -0.25) is 14.5 Å². The number of hydrogen-bond acceptors (Lipinski definition) is 8. The van der Waals surface area contributed by atoms with E-state index in [0.717, 1.165) is 30.9 Å². The van der Waals surface area contributed by atoms with Crippen LogP contribution in [0.15, 0.2) is 40.4 Å². The smallest absolute Gasteiger partial charge is 0.295 e. The van der Waals surface area contributed by atoms with Crippen LogP contribution in [-0.4, -0.2) is 84.3 Å². The largest absolute Gasteiger partial charge is 0.507 e. The number of aliphatic hydroxyl groups is 1. The Balaban J connectivity index is 1.54. The summed E-state index contributed by atoms with van der Waals surface area (Å²) in [6.45, 7) is 6.05. The van der Waals surface area contributed by atoms with E-state index in [-0.39, 0.29) is 28.9 Å². The van der Waals surface area contributed by atoms with Gasteiger partial charge in [0.1, 0.15) is 17.6 Å². The molecule has 0 aromatic heterocycles. The summed E-state index contributed by atoms with van der Waals surface area (Å²) in [6, 6.07) is 7.68. The number of carbonyl (C=O) groups excluding carboxylic acids is 2. The van der Waals surface area contributed by atoms with Gasteiger partial charge in [-0.1, -0.05) is 0 Å². The van der Waals surface area contributed by atoms with E-state index >= 15 is 0 Å². The number of amides is 1. The van der Waals surface area contributed by atoms with Crippen molar-refractivity contribution in [3.63, 3.8) is 0 Å². The molecule has 2 aromatic rings. The van der Waals surface area contributed by atoms with Gasteiger partial charge in [0.05, 0.1) is 36.4 Å². The minimum absolute atomic E-state index is 0.00734. The molecule has 2 atom stereocenters. The number of nitrogens with zero attached hydrogens (tertiary/aromatic N) is 2. The van der Waals surface area contributed by atoms with Crippen molar-refractivity contribution in [2.45, 2.75) is 31.9 Å². The van der Waals surface area contributed by atoms with E-state index in [4.69, 9.17) is 14.2 Å². The summed E-state index contributed by atoms with van der Waals surface area (Å²) in [5, 5.41) is 21.8. The third-order valence-electron chi connectivity index (χ3n) is 7.27. The number of aromatic hydroxyl groups is 1. The SMILES string of the molecule is COc1cc([C@@H]2/C(=C(\O)c3ccc4c(c3)C[C@H](C)O4)C(=O)C(=O)N2CCCN2CCOCC2)cc(Br)c1O. The highest BCUT2D eigenvalue weighted by Gasteiger charge is 2.46. The van der Waals surface area contributed by atoms with E-state index in [0.29, 0.717) is 48.2 Å². The number of phenolic OH excluding ortho intramolecular Hbond substituents is 1. The number of phenols is 1. The fraction of sp³-hybridized carbons (Fsp3) is 0.429. The van der Waals surface area contributed by atoms with Gasteiger partial charge in [-0.05, 0) is 70.7 Å². The number of likely N-dealkylation sites (tertiary alicyclic amines) is 1. The molecule has 0 bridgehead atoms. The number of morpholine rings is 1. The van der Waals surface area contributed by atoms with Crippen molar-refractivity contribution < 1.29 is 34.0 Å². The molecule has 2 aromatic carbocycles. The van der Waals surface area contributed by atoms with Crippen molar-refractivity contribution in [3.8, 4) is 17.2 Å². The zero-order valence-corrected chi connectivity index (χ0v) is 23.0. The Hall–Kier alpha value is -3.08. The molecule has 5 rings (SSSR count). The molecule has 0 saturated carbocycles. The molecule has 10 heteroatoms. The van der Waals surface area contributed by atoms with Gasteiger partial charge in [0.15, 0.2) is 11.5 Å². The first-order valence-electron chi connectivity index (χ1n) is 12.7. The molecule has 9 nitrogen and oxygen atoms in total. The van der Waals surface area contributed by atoms with E-state index in [9.17, 15) is 19.8 Å². The molecule has 2 N–H and O–H groups in total.